The first-order chi connectivity index (χ1) is 36.2. The molecule has 0 bridgehead atoms. The third-order valence-electron chi connectivity index (χ3n) is 14.1. The number of unbranched alkanes of at least 4 members (excludes halogenated alkanes) is 45. The Kier molecular flexibility index (Phi) is 74.7. The molecule has 0 aliphatic rings. The molecular formula is C59H127O12P3. The maximum absolute atomic E-state index is 8.50. The number of hydrogen-bond acceptors (Lipinski definition) is 12. The summed E-state index contributed by atoms with van der Waals surface area (Å²) >= 11 is 0. The summed E-state index contributed by atoms with van der Waals surface area (Å²) in [6.45, 7) is 7.68. The number of aliphatic hydroxyl groups excluding tert-OH is 4. The van der Waals surface area contributed by atoms with Gasteiger partial charge in [-0.25, -0.2) is 4.31 Å². The van der Waals surface area contributed by atoms with Crippen molar-refractivity contribution in [1.29, 1.82) is 0 Å². The van der Waals surface area contributed by atoms with Crippen molar-refractivity contribution in [2.75, 3.05) is 46.2 Å². The Labute approximate surface area is 462 Å². The van der Waals surface area contributed by atoms with E-state index in [4.69, 9.17) is 53.6 Å². The van der Waals surface area contributed by atoms with Crippen LogP contribution in [0.1, 0.15) is 329 Å². The first kappa shape index (κ1) is 79.0. The summed E-state index contributed by atoms with van der Waals surface area (Å²) in [6, 6.07) is 0. The third-order valence-corrected chi connectivity index (χ3v) is 16.4. The van der Waals surface area contributed by atoms with Crippen molar-refractivity contribution in [2.24, 2.45) is 5.41 Å². The van der Waals surface area contributed by atoms with Gasteiger partial charge < -0.3 is 53.6 Å². The van der Waals surface area contributed by atoms with Crippen LogP contribution < -0.4 is 0 Å². The van der Waals surface area contributed by atoms with Gasteiger partial charge in [0.05, 0.1) is 51.7 Å². The fraction of sp³-hybridized carbons (Fsp3) is 1.00. The molecule has 8 N–H and O–H groups in total. The topological polar surface area (TPSA) is 199 Å². The van der Waals surface area contributed by atoms with E-state index in [1.54, 1.807) is 0 Å². The molecule has 0 atom stereocenters. The van der Waals surface area contributed by atoms with Gasteiger partial charge >= 0.3 is 25.8 Å². The fourth-order valence-corrected chi connectivity index (χ4v) is 10.4. The third kappa shape index (κ3) is 68.9. The van der Waals surface area contributed by atoms with Gasteiger partial charge in [0.15, 0.2) is 0 Å². The molecule has 0 aromatic carbocycles. The zero-order valence-corrected chi connectivity index (χ0v) is 51.6. The van der Waals surface area contributed by atoms with Gasteiger partial charge in [0, 0.05) is 0 Å². The van der Waals surface area contributed by atoms with Crippen molar-refractivity contribution in [3.63, 3.8) is 0 Å². The molecule has 74 heavy (non-hydrogen) atoms. The quantitative estimate of drug-likeness (QED) is 0.0212. The summed E-state index contributed by atoms with van der Waals surface area (Å²) in [5.74, 6) is 0. The lowest BCUT2D eigenvalue weighted by Crippen LogP contribution is -2.37. The average molecular weight is 1120 g/mol. The molecule has 0 saturated heterocycles. The molecule has 0 saturated carbocycles. The molecule has 0 aromatic rings. The van der Waals surface area contributed by atoms with E-state index in [-0.39, 0.29) is 0 Å². The predicted molar refractivity (Wildman–Crippen MR) is 318 cm³/mol. The minimum absolute atomic E-state index is 0.406. The number of aliphatic hydroxyl groups is 4. The molecule has 0 amide bonds. The van der Waals surface area contributed by atoms with Gasteiger partial charge in [0.1, 0.15) is 0 Å². The van der Waals surface area contributed by atoms with Crippen LogP contribution in [0.25, 0.3) is 0 Å². The molecule has 0 heterocycles. The summed E-state index contributed by atoms with van der Waals surface area (Å²) in [6.07, 6.45) is 67.2. The van der Waals surface area contributed by atoms with Gasteiger partial charge in [-0.15, -0.1) is 0 Å². The standard InChI is InChI=1S/C54H111O3P.C5H12O4.H4O5P2/c1-4-7-10-13-16-19-22-25-28-31-34-37-40-43-46-49-52-55-58(56-53-50-47-44-41-38-35-32-29-26-23-20-17-14-11-8-5-2)57-54-51-48-45-42-39-36-33-30-27-24-21-18-15-12-9-6-3;6-1-5(2-7,3-8)4-9;1-6(2)5-7(3)4/h4-54H2,1-3H3;6-9H,1-4H2;1-4H. The van der Waals surface area contributed by atoms with Crippen LogP contribution in [0.3, 0.4) is 0 Å². The Bertz CT molecular complexity index is 860. The predicted octanol–water partition coefficient (Wildman–Crippen LogP) is 18.4. The molecule has 0 aromatic heterocycles. The largest absolute Gasteiger partial charge is 0.396 e. The zero-order valence-electron chi connectivity index (χ0n) is 48.9. The lowest BCUT2D eigenvalue weighted by Gasteiger charge is -2.23. The second-order valence-corrected chi connectivity index (χ2v) is 24.2. The van der Waals surface area contributed by atoms with E-state index < -0.39 is 57.6 Å². The Hall–Kier alpha value is 0.810. The highest BCUT2D eigenvalue weighted by molar-refractivity contribution is 7.53. The van der Waals surface area contributed by atoms with E-state index in [0.29, 0.717) is 0 Å². The Morgan fingerprint density at radius 1 is 0.243 bits per heavy atom. The fourth-order valence-electron chi connectivity index (χ4n) is 8.84. The van der Waals surface area contributed by atoms with Gasteiger partial charge in [0.2, 0.25) is 0 Å². The highest BCUT2D eigenvalue weighted by Crippen LogP contribution is 2.42. The molecule has 0 spiro atoms. The summed E-state index contributed by atoms with van der Waals surface area (Å²) < 4.78 is 22.3. The van der Waals surface area contributed by atoms with Crippen LogP contribution >= 0.6 is 25.8 Å². The van der Waals surface area contributed by atoms with Crippen molar-refractivity contribution < 1.29 is 57.9 Å². The summed E-state index contributed by atoms with van der Waals surface area (Å²) in [7, 11) is -6.41. The Morgan fingerprint density at radius 3 is 0.500 bits per heavy atom. The van der Waals surface area contributed by atoms with Crippen LogP contribution in [0.5, 0.6) is 0 Å². The zero-order chi connectivity index (χ0) is 55.0. The van der Waals surface area contributed by atoms with Crippen LogP contribution in [0.2, 0.25) is 0 Å². The first-order valence-corrected chi connectivity index (χ1v) is 34.8. The highest BCUT2D eigenvalue weighted by atomic mass is 31.2. The van der Waals surface area contributed by atoms with Crippen molar-refractivity contribution in [2.45, 2.75) is 329 Å². The summed E-state index contributed by atoms with van der Waals surface area (Å²) in [4.78, 5) is 31.3. The van der Waals surface area contributed by atoms with E-state index in [9.17, 15) is 0 Å². The van der Waals surface area contributed by atoms with E-state index in [0.717, 1.165) is 39.1 Å². The van der Waals surface area contributed by atoms with Gasteiger partial charge in [-0.1, -0.05) is 310 Å². The molecule has 0 rings (SSSR count). The Morgan fingerprint density at radius 2 is 0.392 bits per heavy atom. The van der Waals surface area contributed by atoms with Gasteiger partial charge in [-0.3, -0.25) is 0 Å². The number of hydrogen-bond donors (Lipinski definition) is 8. The average Bonchev–Trinajstić information content (AvgIpc) is 3.39. The summed E-state index contributed by atoms with van der Waals surface area (Å²) in [5.41, 5.74) is -1.11. The lowest BCUT2D eigenvalue weighted by molar-refractivity contribution is -0.0328. The maximum Gasteiger partial charge on any atom is 0.334 e. The second kappa shape index (κ2) is 69.9. The van der Waals surface area contributed by atoms with E-state index in [2.05, 4.69) is 25.1 Å². The van der Waals surface area contributed by atoms with Crippen molar-refractivity contribution in [1.82, 2.24) is 0 Å². The van der Waals surface area contributed by atoms with Crippen LogP contribution in [0.4, 0.5) is 0 Å². The van der Waals surface area contributed by atoms with Gasteiger partial charge in [-0.2, -0.15) is 0 Å². The van der Waals surface area contributed by atoms with E-state index in [1.807, 2.05) is 0 Å². The lowest BCUT2D eigenvalue weighted by atomic mass is 9.93. The van der Waals surface area contributed by atoms with Crippen molar-refractivity contribution in [3.8, 4) is 0 Å². The molecule has 0 radical (unpaired) electrons. The normalized spacial score (nSPS) is 11.8. The molecule has 0 aliphatic heterocycles. The van der Waals surface area contributed by atoms with Crippen LogP contribution in [-0.4, -0.2) is 86.2 Å². The van der Waals surface area contributed by atoms with Gasteiger partial charge in [0.25, 0.3) is 0 Å². The molecule has 0 unspecified atom stereocenters. The van der Waals surface area contributed by atoms with Crippen LogP contribution in [0, 0.1) is 5.41 Å². The van der Waals surface area contributed by atoms with Crippen LogP contribution in [-0.2, 0) is 17.9 Å². The minimum atomic E-state index is -2.61. The summed E-state index contributed by atoms with van der Waals surface area (Å²) in [5, 5.41) is 34.0. The van der Waals surface area contributed by atoms with E-state index >= 15 is 0 Å². The minimum Gasteiger partial charge on any atom is -0.396 e. The second-order valence-electron chi connectivity index (χ2n) is 21.4. The van der Waals surface area contributed by atoms with Gasteiger partial charge in [-0.05, 0) is 19.3 Å². The number of rotatable bonds is 60. The SMILES string of the molecule is CCCCCCCCCCCCCCCCCCOP(OCCCCCCCCCCCCCCCCCC)OCCCCCCCCCCCCCCCCCC.OCC(CO)(CO)CO.OP(O)OP(O)O. The monoisotopic (exact) mass is 1120 g/mol. The maximum atomic E-state index is 8.50. The van der Waals surface area contributed by atoms with Crippen molar-refractivity contribution >= 4 is 25.8 Å². The van der Waals surface area contributed by atoms with Crippen LogP contribution in [0.15, 0.2) is 0 Å². The highest BCUT2D eigenvalue weighted by Gasteiger charge is 2.26. The first-order valence-electron chi connectivity index (χ1n) is 31.4. The van der Waals surface area contributed by atoms with E-state index in [1.165, 1.54) is 289 Å². The molecule has 450 valence electrons. The smallest absolute Gasteiger partial charge is 0.334 e. The van der Waals surface area contributed by atoms with Crippen molar-refractivity contribution in [3.05, 3.63) is 0 Å². The molecule has 15 heteroatoms. The molecule has 12 nitrogen and oxygen atoms in total. The Balaban J connectivity index is -0.00000268. The molecule has 0 fully saturated rings. The molecular weight excluding hydrogens is 994 g/mol. The molecule has 0 aliphatic carbocycles.